The van der Waals surface area contributed by atoms with Gasteiger partial charge in [0.05, 0.1) is 0 Å². The molecule has 21 heavy (non-hydrogen) atoms. The Morgan fingerprint density at radius 3 is 2.29 bits per heavy atom. The molecule has 0 saturated carbocycles. The summed E-state index contributed by atoms with van der Waals surface area (Å²) in [5.74, 6) is 0.558. The maximum atomic E-state index is 9.20. The second kappa shape index (κ2) is 5.21. The topological polar surface area (TPSA) is 49.7 Å². The Labute approximate surface area is 125 Å². The number of hydrogen-bond donors (Lipinski definition) is 2. The standard InChI is InChI=1S/C17H19BO3/c1-3-17(4-2)14-10-6-5-8-12(14)13-9-7-11-15(16(13)17)21-18(19)20/h5-11,19-20H,3-4H2,1-2H3. The Morgan fingerprint density at radius 2 is 1.62 bits per heavy atom. The molecule has 0 unspecified atom stereocenters. The molecule has 0 heterocycles. The second-order valence-electron chi connectivity index (χ2n) is 5.46. The molecule has 2 aromatic carbocycles. The Morgan fingerprint density at radius 1 is 0.952 bits per heavy atom. The summed E-state index contributed by atoms with van der Waals surface area (Å²) in [7, 11) is -1.80. The third kappa shape index (κ3) is 1.98. The molecule has 1 aliphatic rings. The van der Waals surface area contributed by atoms with E-state index in [1.165, 1.54) is 11.1 Å². The number of benzene rings is 2. The van der Waals surface area contributed by atoms with Crippen LogP contribution in [0.25, 0.3) is 11.1 Å². The largest absolute Gasteiger partial charge is 0.707 e. The fraction of sp³-hybridized carbons (Fsp3) is 0.294. The van der Waals surface area contributed by atoms with E-state index >= 15 is 0 Å². The van der Waals surface area contributed by atoms with Gasteiger partial charge in [0.25, 0.3) is 0 Å². The van der Waals surface area contributed by atoms with Crippen molar-refractivity contribution in [1.29, 1.82) is 0 Å². The summed E-state index contributed by atoms with van der Waals surface area (Å²) in [5.41, 5.74) is 4.59. The zero-order valence-corrected chi connectivity index (χ0v) is 12.3. The van der Waals surface area contributed by atoms with Crippen molar-refractivity contribution in [2.45, 2.75) is 32.1 Å². The summed E-state index contributed by atoms with van der Waals surface area (Å²) in [6, 6.07) is 14.2. The van der Waals surface area contributed by atoms with Crippen LogP contribution >= 0.6 is 0 Å². The van der Waals surface area contributed by atoms with E-state index in [0.717, 1.165) is 24.0 Å². The predicted octanol–water partition coefficient (Wildman–Crippen LogP) is 3.12. The molecule has 2 N–H and O–H groups in total. The van der Waals surface area contributed by atoms with Crippen molar-refractivity contribution < 1.29 is 14.7 Å². The lowest BCUT2D eigenvalue weighted by Gasteiger charge is -2.31. The Balaban J connectivity index is 2.30. The predicted molar refractivity (Wildman–Crippen MR) is 84.1 cm³/mol. The summed E-state index contributed by atoms with van der Waals surface area (Å²) < 4.78 is 5.26. The maximum absolute atomic E-state index is 9.20. The van der Waals surface area contributed by atoms with Crippen molar-refractivity contribution in [2.75, 3.05) is 0 Å². The average molecular weight is 282 g/mol. The van der Waals surface area contributed by atoms with Crippen molar-refractivity contribution in [2.24, 2.45) is 0 Å². The second-order valence-corrected chi connectivity index (χ2v) is 5.46. The molecule has 3 nitrogen and oxygen atoms in total. The van der Waals surface area contributed by atoms with Crippen LogP contribution in [-0.4, -0.2) is 17.4 Å². The highest BCUT2D eigenvalue weighted by Crippen LogP contribution is 2.55. The number of fused-ring (bicyclic) bond motifs is 3. The SMILES string of the molecule is CCC1(CC)c2ccccc2-c2cccc(OB(O)O)c21. The molecule has 0 atom stereocenters. The van der Waals surface area contributed by atoms with Gasteiger partial charge in [0.2, 0.25) is 0 Å². The molecule has 2 aromatic rings. The zero-order valence-electron chi connectivity index (χ0n) is 12.3. The highest BCUT2D eigenvalue weighted by Gasteiger charge is 2.42. The van der Waals surface area contributed by atoms with Crippen LogP contribution in [0.3, 0.4) is 0 Å². The van der Waals surface area contributed by atoms with Crippen LogP contribution in [0.5, 0.6) is 5.75 Å². The van der Waals surface area contributed by atoms with Gasteiger partial charge in [-0.1, -0.05) is 50.2 Å². The normalized spacial score (nSPS) is 14.5. The Kier molecular flexibility index (Phi) is 3.51. The van der Waals surface area contributed by atoms with Gasteiger partial charge in [-0.25, -0.2) is 0 Å². The van der Waals surface area contributed by atoms with E-state index in [2.05, 4.69) is 38.1 Å². The number of hydrogen-bond acceptors (Lipinski definition) is 3. The molecule has 0 saturated heterocycles. The fourth-order valence-electron chi connectivity index (χ4n) is 3.72. The minimum atomic E-state index is -1.80. The molecule has 3 rings (SSSR count). The first-order chi connectivity index (χ1) is 10.1. The summed E-state index contributed by atoms with van der Waals surface area (Å²) >= 11 is 0. The highest BCUT2D eigenvalue weighted by molar-refractivity contribution is 6.33. The monoisotopic (exact) mass is 282 g/mol. The first-order valence-electron chi connectivity index (χ1n) is 7.40. The van der Waals surface area contributed by atoms with Crippen molar-refractivity contribution in [3.05, 3.63) is 53.6 Å². The van der Waals surface area contributed by atoms with Gasteiger partial charge < -0.3 is 14.7 Å². The summed E-state index contributed by atoms with van der Waals surface area (Å²) in [6.45, 7) is 4.34. The van der Waals surface area contributed by atoms with E-state index in [-0.39, 0.29) is 5.41 Å². The number of rotatable bonds is 4. The summed E-state index contributed by atoms with van der Waals surface area (Å²) in [6.07, 6.45) is 1.88. The van der Waals surface area contributed by atoms with Gasteiger partial charge in [0.1, 0.15) is 5.75 Å². The van der Waals surface area contributed by atoms with Crippen molar-refractivity contribution in [3.63, 3.8) is 0 Å². The van der Waals surface area contributed by atoms with E-state index in [0.29, 0.717) is 5.75 Å². The van der Waals surface area contributed by atoms with Crippen molar-refractivity contribution >= 4 is 7.32 Å². The molecule has 0 amide bonds. The van der Waals surface area contributed by atoms with Crippen LogP contribution in [0.4, 0.5) is 0 Å². The minimum absolute atomic E-state index is 0.128. The average Bonchev–Trinajstić information content (AvgIpc) is 2.79. The lowest BCUT2D eigenvalue weighted by atomic mass is 9.73. The van der Waals surface area contributed by atoms with Gasteiger partial charge in [0, 0.05) is 11.0 Å². The first-order valence-corrected chi connectivity index (χ1v) is 7.40. The molecule has 108 valence electrons. The van der Waals surface area contributed by atoms with Gasteiger partial charge >= 0.3 is 7.32 Å². The molecule has 0 radical (unpaired) electrons. The third-order valence-corrected chi connectivity index (χ3v) is 4.68. The molecule has 0 bridgehead atoms. The van der Waals surface area contributed by atoms with Crippen molar-refractivity contribution in [1.82, 2.24) is 0 Å². The van der Waals surface area contributed by atoms with Gasteiger partial charge in [-0.05, 0) is 35.6 Å². The third-order valence-electron chi connectivity index (χ3n) is 4.68. The molecule has 0 aromatic heterocycles. The molecule has 1 aliphatic carbocycles. The van der Waals surface area contributed by atoms with Crippen LogP contribution < -0.4 is 4.65 Å². The van der Waals surface area contributed by atoms with Crippen LogP contribution in [0.2, 0.25) is 0 Å². The maximum Gasteiger partial charge on any atom is 0.707 e. The molecule has 0 spiro atoms. The van der Waals surface area contributed by atoms with E-state index in [9.17, 15) is 10.0 Å². The zero-order chi connectivity index (χ0) is 15.0. The highest BCUT2D eigenvalue weighted by atomic mass is 16.6. The molecule has 0 aliphatic heterocycles. The summed E-state index contributed by atoms with van der Waals surface area (Å²) in [4.78, 5) is 0. The fourth-order valence-corrected chi connectivity index (χ4v) is 3.72. The van der Waals surface area contributed by atoms with Crippen LogP contribution in [-0.2, 0) is 5.41 Å². The smallest absolute Gasteiger partial charge is 0.512 e. The van der Waals surface area contributed by atoms with Crippen molar-refractivity contribution in [3.8, 4) is 16.9 Å². The van der Waals surface area contributed by atoms with Gasteiger partial charge in [-0.3, -0.25) is 0 Å². The lowest BCUT2D eigenvalue weighted by Crippen LogP contribution is -2.27. The van der Waals surface area contributed by atoms with Crippen LogP contribution in [0.1, 0.15) is 37.8 Å². The van der Waals surface area contributed by atoms with E-state index < -0.39 is 7.32 Å². The van der Waals surface area contributed by atoms with Crippen LogP contribution in [0.15, 0.2) is 42.5 Å². The van der Waals surface area contributed by atoms with E-state index in [1.54, 1.807) is 0 Å². The van der Waals surface area contributed by atoms with E-state index in [1.807, 2.05) is 18.2 Å². The quantitative estimate of drug-likeness (QED) is 0.847. The van der Waals surface area contributed by atoms with Gasteiger partial charge in [-0.15, -0.1) is 0 Å². The summed E-state index contributed by atoms with van der Waals surface area (Å²) in [5, 5.41) is 18.4. The molecule has 4 heteroatoms. The molecule has 0 fully saturated rings. The molecular formula is C17H19BO3. The Bertz CT molecular complexity index is 663. The van der Waals surface area contributed by atoms with Gasteiger partial charge in [-0.2, -0.15) is 0 Å². The lowest BCUT2D eigenvalue weighted by molar-refractivity contribution is 0.284. The minimum Gasteiger partial charge on any atom is -0.512 e. The Hall–Kier alpha value is -1.78. The van der Waals surface area contributed by atoms with Crippen LogP contribution in [0, 0.1) is 0 Å². The molecular weight excluding hydrogens is 263 g/mol. The first kappa shape index (κ1) is 14.2. The van der Waals surface area contributed by atoms with E-state index in [4.69, 9.17) is 4.65 Å². The van der Waals surface area contributed by atoms with Gasteiger partial charge in [0.15, 0.2) is 0 Å².